The van der Waals surface area contributed by atoms with Gasteiger partial charge < -0.3 is 15.2 Å². The number of ether oxygens (including phenoxy) is 1. The molecule has 132 valence electrons. The maximum atomic E-state index is 12.7. The number of hydrogen-bond donors (Lipinski definition) is 2. The number of para-hydroxylation sites is 1. The van der Waals surface area contributed by atoms with Crippen LogP contribution in [-0.4, -0.2) is 46.0 Å². The number of carboxylic acids is 1. The third-order valence-electron chi connectivity index (χ3n) is 4.44. The zero-order valence-electron chi connectivity index (χ0n) is 14.3. The maximum absolute atomic E-state index is 12.7. The molecule has 2 N–H and O–H groups in total. The van der Waals surface area contributed by atoms with Gasteiger partial charge in [-0.25, -0.2) is 9.48 Å². The zero-order chi connectivity index (χ0) is 18.0. The Bertz CT molecular complexity index is 800. The molecule has 25 heavy (non-hydrogen) atoms. The molecule has 7 nitrogen and oxygen atoms in total. The first-order chi connectivity index (χ1) is 12.0. The SMILES string of the molecule is COCC(C)(NC(=O)c1nn(-c2ccccc2)c2c1CCC2)C(=O)O. The lowest BCUT2D eigenvalue weighted by atomic mass is 10.0. The number of rotatable bonds is 6. The average Bonchev–Trinajstić information content (AvgIpc) is 3.17. The largest absolute Gasteiger partial charge is 0.479 e. The summed E-state index contributed by atoms with van der Waals surface area (Å²) < 4.78 is 6.73. The molecular weight excluding hydrogens is 322 g/mol. The van der Waals surface area contributed by atoms with Crippen LogP contribution in [0.1, 0.15) is 35.1 Å². The second kappa shape index (κ2) is 6.68. The van der Waals surface area contributed by atoms with Crippen molar-refractivity contribution in [3.8, 4) is 5.69 Å². The Hall–Kier alpha value is -2.67. The summed E-state index contributed by atoms with van der Waals surface area (Å²) >= 11 is 0. The molecule has 3 rings (SSSR count). The first-order valence-corrected chi connectivity index (χ1v) is 8.17. The van der Waals surface area contributed by atoms with Crippen molar-refractivity contribution >= 4 is 11.9 Å². The van der Waals surface area contributed by atoms with Crippen LogP contribution in [0.2, 0.25) is 0 Å². The molecule has 1 aliphatic carbocycles. The van der Waals surface area contributed by atoms with Gasteiger partial charge in [-0.1, -0.05) is 18.2 Å². The number of hydrogen-bond acceptors (Lipinski definition) is 4. The third kappa shape index (κ3) is 3.15. The van der Waals surface area contributed by atoms with Crippen LogP contribution < -0.4 is 5.32 Å². The van der Waals surface area contributed by atoms with Crippen molar-refractivity contribution in [3.63, 3.8) is 0 Å². The standard InChI is InChI=1S/C18H21N3O4/c1-18(11-25-2,17(23)24)19-16(22)15-13-9-6-10-14(13)21(20-15)12-7-4-3-5-8-12/h3-5,7-8H,6,9-11H2,1-2H3,(H,19,22)(H,23,24). The van der Waals surface area contributed by atoms with Crippen LogP contribution in [0.5, 0.6) is 0 Å². The smallest absolute Gasteiger partial charge is 0.331 e. The Kier molecular flexibility index (Phi) is 4.59. The highest BCUT2D eigenvalue weighted by atomic mass is 16.5. The van der Waals surface area contributed by atoms with Crippen LogP contribution >= 0.6 is 0 Å². The van der Waals surface area contributed by atoms with E-state index >= 15 is 0 Å². The van der Waals surface area contributed by atoms with Gasteiger partial charge in [0, 0.05) is 18.4 Å². The molecule has 7 heteroatoms. The van der Waals surface area contributed by atoms with E-state index < -0.39 is 17.4 Å². The molecule has 0 bridgehead atoms. The summed E-state index contributed by atoms with van der Waals surface area (Å²) in [6, 6.07) is 9.61. The van der Waals surface area contributed by atoms with Gasteiger partial charge in [0.1, 0.15) is 0 Å². The Morgan fingerprint density at radius 2 is 2.04 bits per heavy atom. The minimum Gasteiger partial charge on any atom is -0.479 e. The molecule has 1 unspecified atom stereocenters. The van der Waals surface area contributed by atoms with Gasteiger partial charge in [-0.15, -0.1) is 0 Å². The molecule has 0 saturated heterocycles. The van der Waals surface area contributed by atoms with E-state index in [0.29, 0.717) is 5.69 Å². The second-order valence-corrected chi connectivity index (χ2v) is 6.40. The van der Waals surface area contributed by atoms with Gasteiger partial charge in [-0.3, -0.25) is 4.79 Å². The molecule has 1 heterocycles. The molecule has 1 aromatic heterocycles. The normalized spacial score (nSPS) is 15.4. The molecule has 0 saturated carbocycles. The van der Waals surface area contributed by atoms with Gasteiger partial charge in [-0.2, -0.15) is 5.10 Å². The van der Waals surface area contributed by atoms with Crippen molar-refractivity contribution in [2.45, 2.75) is 31.7 Å². The van der Waals surface area contributed by atoms with Crippen molar-refractivity contribution in [3.05, 3.63) is 47.3 Å². The van der Waals surface area contributed by atoms with Gasteiger partial charge >= 0.3 is 5.97 Å². The van der Waals surface area contributed by atoms with Crippen LogP contribution in [0, 0.1) is 0 Å². The molecule has 0 radical (unpaired) electrons. The Morgan fingerprint density at radius 3 is 2.68 bits per heavy atom. The zero-order valence-corrected chi connectivity index (χ0v) is 14.3. The number of carboxylic acid groups (broad SMARTS) is 1. The van der Waals surface area contributed by atoms with E-state index in [1.165, 1.54) is 14.0 Å². The summed E-state index contributed by atoms with van der Waals surface area (Å²) in [6.07, 6.45) is 2.56. The molecule has 1 aromatic carbocycles. The number of amides is 1. The van der Waals surface area contributed by atoms with Gasteiger partial charge in [0.25, 0.3) is 5.91 Å². The van der Waals surface area contributed by atoms with E-state index in [9.17, 15) is 14.7 Å². The predicted molar refractivity (Wildman–Crippen MR) is 91.0 cm³/mol. The van der Waals surface area contributed by atoms with Crippen molar-refractivity contribution in [2.24, 2.45) is 0 Å². The molecule has 2 aromatic rings. The lowest BCUT2D eigenvalue weighted by Crippen LogP contribution is -2.55. The highest BCUT2D eigenvalue weighted by Crippen LogP contribution is 2.28. The van der Waals surface area contributed by atoms with E-state index in [-0.39, 0.29) is 6.61 Å². The maximum Gasteiger partial charge on any atom is 0.331 e. The van der Waals surface area contributed by atoms with Crippen LogP contribution in [0.3, 0.4) is 0 Å². The van der Waals surface area contributed by atoms with Crippen molar-refractivity contribution in [1.82, 2.24) is 15.1 Å². The van der Waals surface area contributed by atoms with E-state index in [2.05, 4.69) is 10.4 Å². The molecule has 0 spiro atoms. The lowest BCUT2D eigenvalue weighted by Gasteiger charge is -2.24. The fourth-order valence-corrected chi connectivity index (χ4v) is 3.15. The van der Waals surface area contributed by atoms with Crippen molar-refractivity contribution in [2.75, 3.05) is 13.7 Å². The molecule has 0 aliphatic heterocycles. The summed E-state index contributed by atoms with van der Waals surface area (Å²) in [4.78, 5) is 24.3. The minimum absolute atomic E-state index is 0.129. The number of nitrogens with zero attached hydrogens (tertiary/aromatic N) is 2. The number of carbonyl (C=O) groups excluding carboxylic acids is 1. The van der Waals surface area contributed by atoms with E-state index in [1.807, 2.05) is 30.3 Å². The predicted octanol–water partition coefficient (Wildman–Crippen LogP) is 1.58. The Balaban J connectivity index is 1.95. The highest BCUT2D eigenvalue weighted by Gasteiger charge is 2.37. The molecular formula is C18H21N3O4. The lowest BCUT2D eigenvalue weighted by molar-refractivity contribution is -0.145. The summed E-state index contributed by atoms with van der Waals surface area (Å²) in [5.41, 5.74) is 1.58. The number of carbonyl (C=O) groups is 2. The van der Waals surface area contributed by atoms with Crippen LogP contribution in [0.15, 0.2) is 30.3 Å². The molecule has 1 aliphatic rings. The van der Waals surface area contributed by atoms with Gasteiger partial charge in [-0.05, 0) is 38.3 Å². The fourth-order valence-electron chi connectivity index (χ4n) is 3.15. The first-order valence-electron chi connectivity index (χ1n) is 8.17. The summed E-state index contributed by atoms with van der Waals surface area (Å²) in [6.45, 7) is 1.29. The van der Waals surface area contributed by atoms with Crippen LogP contribution in [0.4, 0.5) is 0 Å². The molecule has 1 amide bonds. The van der Waals surface area contributed by atoms with E-state index in [0.717, 1.165) is 36.2 Å². The van der Waals surface area contributed by atoms with E-state index in [1.54, 1.807) is 4.68 Å². The average molecular weight is 343 g/mol. The quantitative estimate of drug-likeness (QED) is 0.831. The summed E-state index contributed by atoms with van der Waals surface area (Å²) in [5, 5.41) is 16.5. The van der Waals surface area contributed by atoms with Gasteiger partial charge in [0.15, 0.2) is 11.2 Å². The Labute approximate surface area is 145 Å². The van der Waals surface area contributed by atoms with Crippen molar-refractivity contribution in [1.29, 1.82) is 0 Å². The van der Waals surface area contributed by atoms with Crippen molar-refractivity contribution < 1.29 is 19.4 Å². The number of nitrogens with one attached hydrogen (secondary N) is 1. The third-order valence-corrected chi connectivity index (χ3v) is 4.44. The minimum atomic E-state index is -1.51. The topological polar surface area (TPSA) is 93.5 Å². The highest BCUT2D eigenvalue weighted by molar-refractivity contribution is 5.97. The molecule has 1 atom stereocenters. The van der Waals surface area contributed by atoms with Gasteiger partial charge in [0.2, 0.25) is 0 Å². The number of methoxy groups -OCH3 is 1. The monoisotopic (exact) mass is 343 g/mol. The number of aromatic nitrogens is 2. The number of fused-ring (bicyclic) bond motifs is 1. The Morgan fingerprint density at radius 1 is 1.32 bits per heavy atom. The molecule has 0 fully saturated rings. The van der Waals surface area contributed by atoms with Crippen LogP contribution in [-0.2, 0) is 22.4 Å². The summed E-state index contributed by atoms with van der Waals surface area (Å²) in [7, 11) is 1.40. The van der Waals surface area contributed by atoms with Crippen LogP contribution in [0.25, 0.3) is 5.69 Å². The van der Waals surface area contributed by atoms with Gasteiger partial charge in [0.05, 0.1) is 12.3 Å². The number of aliphatic carboxylic acids is 1. The number of benzene rings is 1. The van der Waals surface area contributed by atoms with E-state index in [4.69, 9.17) is 4.74 Å². The first kappa shape index (κ1) is 17.2. The fraction of sp³-hybridized carbons (Fsp3) is 0.389. The second-order valence-electron chi connectivity index (χ2n) is 6.40. The summed E-state index contributed by atoms with van der Waals surface area (Å²) in [5.74, 6) is -1.64.